The number of aliphatic hydroxyl groups excluding tert-OH is 1. The fourth-order valence-corrected chi connectivity index (χ4v) is 4.93. The Labute approximate surface area is 196 Å². The van der Waals surface area contributed by atoms with E-state index in [9.17, 15) is 14.7 Å². The third kappa shape index (κ3) is 3.82. The molecule has 2 aromatic rings. The summed E-state index contributed by atoms with van der Waals surface area (Å²) in [5.74, 6) is -1.11. The van der Waals surface area contributed by atoms with E-state index in [0.29, 0.717) is 21.4 Å². The van der Waals surface area contributed by atoms with Crippen molar-refractivity contribution in [3.05, 3.63) is 63.1 Å². The first-order valence-corrected chi connectivity index (χ1v) is 11.1. The van der Waals surface area contributed by atoms with Gasteiger partial charge in [-0.25, -0.2) is 0 Å². The van der Waals surface area contributed by atoms with Gasteiger partial charge in [0.15, 0.2) is 0 Å². The van der Waals surface area contributed by atoms with E-state index in [4.69, 9.17) is 32.7 Å². The fourth-order valence-electron chi connectivity index (χ4n) is 4.57. The van der Waals surface area contributed by atoms with Gasteiger partial charge in [-0.05, 0) is 36.6 Å². The number of carbonyl (C=O) groups excluding carboxylic acids is 2. The molecule has 1 aliphatic heterocycles. The number of nitrogens with zero attached hydrogens (tertiary/aromatic N) is 1. The zero-order valence-corrected chi connectivity index (χ0v) is 19.2. The van der Waals surface area contributed by atoms with Crippen LogP contribution in [0.5, 0.6) is 11.5 Å². The number of aliphatic hydroxyl groups is 1. The van der Waals surface area contributed by atoms with Crippen LogP contribution in [0.25, 0.3) is 5.76 Å². The summed E-state index contributed by atoms with van der Waals surface area (Å²) >= 11 is 12.3. The minimum Gasteiger partial charge on any atom is -0.507 e. The highest BCUT2D eigenvalue weighted by Crippen LogP contribution is 2.45. The highest BCUT2D eigenvalue weighted by molar-refractivity contribution is 6.46. The van der Waals surface area contributed by atoms with Gasteiger partial charge in [-0.1, -0.05) is 48.2 Å². The molecule has 2 aromatic carbocycles. The van der Waals surface area contributed by atoms with Crippen molar-refractivity contribution >= 4 is 40.7 Å². The number of carbonyl (C=O) groups is 2. The number of amides is 1. The van der Waals surface area contributed by atoms with E-state index in [1.165, 1.54) is 26.4 Å². The Kier molecular flexibility index (Phi) is 6.35. The molecule has 1 aliphatic carbocycles. The average Bonchev–Trinajstić information content (AvgIpc) is 3.40. The van der Waals surface area contributed by atoms with Crippen LogP contribution in [0.2, 0.25) is 10.0 Å². The molecule has 4 rings (SSSR count). The molecule has 32 heavy (non-hydrogen) atoms. The van der Waals surface area contributed by atoms with E-state index in [1.54, 1.807) is 29.2 Å². The summed E-state index contributed by atoms with van der Waals surface area (Å²) in [5, 5.41) is 12.2. The van der Waals surface area contributed by atoms with E-state index >= 15 is 0 Å². The van der Waals surface area contributed by atoms with Crippen LogP contribution in [0.1, 0.15) is 42.9 Å². The fraction of sp³-hybridized carbons (Fsp3) is 0.333. The van der Waals surface area contributed by atoms with E-state index in [2.05, 4.69) is 0 Å². The van der Waals surface area contributed by atoms with Gasteiger partial charge in [0.1, 0.15) is 17.3 Å². The summed E-state index contributed by atoms with van der Waals surface area (Å²) in [4.78, 5) is 28.0. The van der Waals surface area contributed by atoms with E-state index in [-0.39, 0.29) is 28.7 Å². The smallest absolute Gasteiger partial charge is 0.295 e. The topological polar surface area (TPSA) is 76.1 Å². The Morgan fingerprint density at radius 3 is 2.22 bits per heavy atom. The average molecular weight is 476 g/mol. The van der Waals surface area contributed by atoms with Crippen molar-refractivity contribution in [1.82, 2.24) is 4.90 Å². The van der Waals surface area contributed by atoms with E-state index in [0.717, 1.165) is 25.7 Å². The first-order chi connectivity index (χ1) is 15.4. The summed E-state index contributed by atoms with van der Waals surface area (Å²) < 4.78 is 10.7. The molecule has 1 atom stereocenters. The predicted octanol–water partition coefficient (Wildman–Crippen LogP) is 5.37. The van der Waals surface area contributed by atoms with Crippen LogP contribution in [0.3, 0.4) is 0 Å². The summed E-state index contributed by atoms with van der Waals surface area (Å²) in [7, 11) is 2.88. The Morgan fingerprint density at radius 1 is 1.00 bits per heavy atom. The van der Waals surface area contributed by atoms with Crippen LogP contribution in [0.4, 0.5) is 0 Å². The lowest BCUT2D eigenvalue weighted by molar-refractivity contribution is -0.141. The molecule has 1 saturated heterocycles. The maximum absolute atomic E-state index is 13.2. The third-order valence-corrected chi connectivity index (χ3v) is 6.66. The molecule has 6 nitrogen and oxygen atoms in total. The molecule has 2 aliphatic rings. The minimum absolute atomic E-state index is 0.00639. The van der Waals surface area contributed by atoms with Gasteiger partial charge < -0.3 is 19.5 Å². The molecule has 2 fully saturated rings. The van der Waals surface area contributed by atoms with Crippen molar-refractivity contribution in [2.24, 2.45) is 0 Å². The Balaban J connectivity index is 1.94. The zero-order valence-electron chi connectivity index (χ0n) is 17.7. The van der Waals surface area contributed by atoms with Crippen LogP contribution < -0.4 is 9.47 Å². The first kappa shape index (κ1) is 22.5. The quantitative estimate of drug-likeness (QED) is 0.357. The van der Waals surface area contributed by atoms with Gasteiger partial charge >= 0.3 is 0 Å². The van der Waals surface area contributed by atoms with Crippen molar-refractivity contribution in [3.8, 4) is 11.5 Å². The molecule has 0 aromatic heterocycles. The number of ether oxygens (including phenoxy) is 2. The molecule has 0 bridgehead atoms. The molecule has 1 amide bonds. The van der Waals surface area contributed by atoms with E-state index < -0.39 is 17.7 Å². The molecule has 1 unspecified atom stereocenters. The highest BCUT2D eigenvalue weighted by Gasteiger charge is 2.49. The van der Waals surface area contributed by atoms with Gasteiger partial charge in [-0.3, -0.25) is 9.59 Å². The number of ketones is 1. The van der Waals surface area contributed by atoms with Crippen molar-refractivity contribution < 1.29 is 24.2 Å². The van der Waals surface area contributed by atoms with Gasteiger partial charge in [-0.2, -0.15) is 0 Å². The molecule has 1 heterocycles. The summed E-state index contributed by atoms with van der Waals surface area (Å²) in [5.41, 5.74) is 0.922. The van der Waals surface area contributed by atoms with Crippen LogP contribution in [0, 0.1) is 0 Å². The number of likely N-dealkylation sites (tertiary alicyclic amines) is 1. The lowest BCUT2D eigenvalue weighted by atomic mass is 9.94. The number of benzene rings is 2. The maximum atomic E-state index is 13.2. The van der Waals surface area contributed by atoms with Gasteiger partial charge in [0.2, 0.25) is 0 Å². The monoisotopic (exact) mass is 475 g/mol. The molecule has 8 heteroatoms. The molecule has 168 valence electrons. The van der Waals surface area contributed by atoms with Gasteiger partial charge in [0.25, 0.3) is 11.7 Å². The molecule has 1 saturated carbocycles. The second-order valence-corrected chi connectivity index (χ2v) is 8.73. The SMILES string of the molecule is COc1cc(/C(O)=C2\C(=O)C(=O)N(C3CCCC3)C2c2ccc(Cl)cc2)c(OC)cc1Cl. The highest BCUT2D eigenvalue weighted by atomic mass is 35.5. The zero-order chi connectivity index (χ0) is 23.0. The number of Topliss-reactive ketones (excluding diaryl/α,β-unsaturated/α-hetero) is 1. The van der Waals surface area contributed by atoms with Crippen molar-refractivity contribution in [2.75, 3.05) is 14.2 Å². The number of halogens is 2. The van der Waals surface area contributed by atoms with Gasteiger partial charge in [0, 0.05) is 17.1 Å². The summed E-state index contributed by atoms with van der Waals surface area (Å²) in [6.07, 6.45) is 3.61. The summed E-state index contributed by atoms with van der Waals surface area (Å²) in [6, 6.07) is 9.15. The Bertz CT molecular complexity index is 1090. The standard InChI is InChI=1S/C24H23Cl2NO5/c1-31-18-12-17(26)19(32-2)11-16(18)22(28)20-21(13-7-9-14(25)10-8-13)27(24(30)23(20)29)15-5-3-4-6-15/h7-12,15,21,28H,3-6H2,1-2H3/b22-20+. The predicted molar refractivity (Wildman–Crippen MR) is 122 cm³/mol. The van der Waals surface area contributed by atoms with Gasteiger partial charge in [0.05, 0.1) is 36.4 Å². The van der Waals surface area contributed by atoms with Crippen LogP contribution in [0.15, 0.2) is 42.0 Å². The molecule has 1 N–H and O–H groups in total. The maximum Gasteiger partial charge on any atom is 0.295 e. The van der Waals surface area contributed by atoms with E-state index in [1.807, 2.05) is 0 Å². The largest absolute Gasteiger partial charge is 0.507 e. The van der Waals surface area contributed by atoms with Crippen molar-refractivity contribution in [2.45, 2.75) is 37.8 Å². The number of hydrogen-bond acceptors (Lipinski definition) is 5. The molecule has 0 radical (unpaired) electrons. The number of hydrogen-bond donors (Lipinski definition) is 1. The summed E-state index contributed by atoms with van der Waals surface area (Å²) in [6.45, 7) is 0. The van der Waals surface area contributed by atoms with Crippen molar-refractivity contribution in [3.63, 3.8) is 0 Å². The van der Waals surface area contributed by atoms with Gasteiger partial charge in [-0.15, -0.1) is 0 Å². The normalized spacial score (nSPS) is 20.8. The number of methoxy groups -OCH3 is 2. The molecular formula is C24H23Cl2NO5. The first-order valence-electron chi connectivity index (χ1n) is 10.3. The third-order valence-electron chi connectivity index (χ3n) is 6.11. The Morgan fingerprint density at radius 2 is 1.62 bits per heavy atom. The van der Waals surface area contributed by atoms with Crippen molar-refractivity contribution in [1.29, 1.82) is 0 Å². The second kappa shape index (κ2) is 9.04. The minimum atomic E-state index is -0.734. The second-order valence-electron chi connectivity index (χ2n) is 7.88. The number of rotatable bonds is 5. The Hall–Kier alpha value is -2.70. The van der Waals surface area contributed by atoms with Crippen LogP contribution in [-0.2, 0) is 9.59 Å². The lowest BCUT2D eigenvalue weighted by Gasteiger charge is -2.30. The molecule has 0 spiro atoms. The van der Waals surface area contributed by atoms with Crippen LogP contribution >= 0.6 is 23.2 Å². The molecular weight excluding hydrogens is 453 g/mol. The lowest BCUT2D eigenvalue weighted by Crippen LogP contribution is -2.37. The van der Waals surface area contributed by atoms with Crippen LogP contribution in [-0.4, -0.2) is 42.0 Å².